The van der Waals surface area contributed by atoms with Crippen LogP contribution in [0.2, 0.25) is 0 Å². The van der Waals surface area contributed by atoms with Crippen molar-refractivity contribution >= 4 is 28.3 Å². The van der Waals surface area contributed by atoms with Crippen LogP contribution in [0.5, 0.6) is 0 Å². The number of para-hydroxylation sites is 1. The van der Waals surface area contributed by atoms with Crippen molar-refractivity contribution in [3.8, 4) is 0 Å². The molecule has 0 radical (unpaired) electrons. The van der Waals surface area contributed by atoms with Crippen LogP contribution in [0.1, 0.15) is 21.5 Å². The van der Waals surface area contributed by atoms with Crippen LogP contribution in [0.4, 0.5) is 5.69 Å². The van der Waals surface area contributed by atoms with E-state index in [1.165, 1.54) is 16.7 Å². The van der Waals surface area contributed by atoms with Crippen molar-refractivity contribution in [1.29, 1.82) is 0 Å². The minimum absolute atomic E-state index is 0.0481. The maximum absolute atomic E-state index is 13.0. The first-order valence-corrected chi connectivity index (χ1v) is 10.3. The smallest absolute Gasteiger partial charge is 0.254 e. The predicted octanol–water partition coefficient (Wildman–Crippen LogP) is 4.05. The van der Waals surface area contributed by atoms with Gasteiger partial charge in [-0.1, -0.05) is 24.3 Å². The van der Waals surface area contributed by atoms with E-state index in [4.69, 9.17) is 0 Å². The minimum Gasteiger partial charge on any atom is -0.368 e. The summed E-state index contributed by atoms with van der Waals surface area (Å²) >= 11 is 0. The second-order valence-corrected chi connectivity index (χ2v) is 8.58. The van der Waals surface area contributed by atoms with Gasteiger partial charge in [0.2, 0.25) is 0 Å². The molecule has 2 heterocycles. The molecule has 0 atom stereocenters. The van der Waals surface area contributed by atoms with Crippen LogP contribution in [0, 0.1) is 6.92 Å². The zero-order valence-electron chi connectivity index (χ0n) is 14.6. The number of hydrogen-bond acceptors (Lipinski definition) is 4. The number of rotatable bonds is 2. The zero-order chi connectivity index (χ0) is 18.3. The molecular weight excluding hydrogens is 348 g/mol. The number of piperazine rings is 1. The van der Waals surface area contributed by atoms with E-state index in [1.807, 2.05) is 17.0 Å². The van der Waals surface area contributed by atoms with Crippen LogP contribution < -0.4 is 4.90 Å². The number of carbonyl (C=O) groups is 1. The average molecular weight is 370 g/mol. The Hall–Kier alpha value is -2.28. The van der Waals surface area contributed by atoms with Gasteiger partial charge in [-0.2, -0.15) is 0 Å². The largest absolute Gasteiger partial charge is 0.368 e. The molecule has 4 rings (SSSR count). The SMILES string of the molecule is Cc1ccccc1N1CCN(C(=O)c2cccc3c2C=CS3(O)O)CC1. The number of amides is 1. The van der Waals surface area contributed by atoms with E-state index in [-0.39, 0.29) is 5.91 Å². The van der Waals surface area contributed by atoms with Crippen molar-refractivity contribution in [2.45, 2.75) is 11.8 Å². The van der Waals surface area contributed by atoms with Crippen molar-refractivity contribution in [3.63, 3.8) is 0 Å². The predicted molar refractivity (Wildman–Crippen MR) is 106 cm³/mol. The van der Waals surface area contributed by atoms with Gasteiger partial charge in [0, 0.05) is 48.4 Å². The molecule has 0 spiro atoms. The standard InChI is InChI=1S/C20H22N2O3S/c1-15-5-2-3-7-18(15)21-10-12-22(13-11-21)20(23)17-6-4-8-19-16(17)9-14-26(19,24)25/h2-9,14,24-25H,10-13H2,1H3. The maximum Gasteiger partial charge on any atom is 0.254 e. The van der Waals surface area contributed by atoms with Gasteiger partial charge < -0.3 is 9.80 Å². The first kappa shape index (κ1) is 17.1. The summed E-state index contributed by atoms with van der Waals surface area (Å²) in [5.41, 5.74) is 3.64. The minimum atomic E-state index is -2.90. The number of fused-ring (bicyclic) bond motifs is 1. The first-order valence-electron chi connectivity index (χ1n) is 8.66. The Morgan fingerprint density at radius 2 is 1.73 bits per heavy atom. The van der Waals surface area contributed by atoms with Crippen LogP contribution in [-0.4, -0.2) is 46.1 Å². The van der Waals surface area contributed by atoms with Crippen LogP contribution in [-0.2, 0) is 0 Å². The summed E-state index contributed by atoms with van der Waals surface area (Å²) in [6.07, 6.45) is 1.65. The highest BCUT2D eigenvalue weighted by molar-refractivity contribution is 8.27. The maximum atomic E-state index is 13.0. The second kappa shape index (κ2) is 6.46. The molecule has 1 saturated heterocycles. The Kier molecular flexibility index (Phi) is 4.26. The molecule has 2 N–H and O–H groups in total. The molecule has 2 aromatic carbocycles. The molecule has 136 valence electrons. The van der Waals surface area contributed by atoms with Crippen molar-refractivity contribution in [1.82, 2.24) is 4.90 Å². The number of benzene rings is 2. The lowest BCUT2D eigenvalue weighted by Gasteiger charge is -2.37. The van der Waals surface area contributed by atoms with E-state index >= 15 is 0 Å². The number of aryl methyl sites for hydroxylation is 1. The summed E-state index contributed by atoms with van der Waals surface area (Å²) in [5.74, 6) is -0.0481. The van der Waals surface area contributed by atoms with Gasteiger partial charge in [0.1, 0.15) is 0 Å². The van der Waals surface area contributed by atoms with Gasteiger partial charge >= 0.3 is 0 Å². The normalized spacial score (nSPS) is 19.3. The fourth-order valence-corrected chi connectivity index (χ4v) is 4.89. The molecule has 0 unspecified atom stereocenters. The highest BCUT2D eigenvalue weighted by Gasteiger charge is 2.29. The lowest BCUT2D eigenvalue weighted by molar-refractivity contribution is 0.0746. The van der Waals surface area contributed by atoms with Gasteiger partial charge in [-0.15, -0.1) is 10.6 Å². The number of carbonyl (C=O) groups excluding carboxylic acids is 1. The van der Waals surface area contributed by atoms with Crippen molar-refractivity contribution in [3.05, 3.63) is 64.6 Å². The lowest BCUT2D eigenvalue weighted by atomic mass is 10.1. The first-order chi connectivity index (χ1) is 12.5. The van der Waals surface area contributed by atoms with E-state index in [0.717, 1.165) is 13.1 Å². The van der Waals surface area contributed by atoms with Crippen molar-refractivity contribution in [2.24, 2.45) is 0 Å². The summed E-state index contributed by atoms with van der Waals surface area (Å²) in [4.78, 5) is 17.6. The second-order valence-electron chi connectivity index (χ2n) is 6.68. The molecule has 0 saturated carbocycles. The molecule has 0 aliphatic carbocycles. The highest BCUT2D eigenvalue weighted by Crippen LogP contribution is 2.56. The molecular formula is C20H22N2O3S. The summed E-state index contributed by atoms with van der Waals surface area (Å²) in [6.45, 7) is 4.98. The summed E-state index contributed by atoms with van der Waals surface area (Å²) < 4.78 is 20.1. The Morgan fingerprint density at radius 3 is 2.46 bits per heavy atom. The Morgan fingerprint density at radius 1 is 1.00 bits per heavy atom. The average Bonchev–Trinajstić information content (AvgIpc) is 2.97. The Balaban J connectivity index is 1.51. The van der Waals surface area contributed by atoms with E-state index in [9.17, 15) is 13.9 Å². The summed E-state index contributed by atoms with van der Waals surface area (Å²) in [7, 11) is -2.90. The topological polar surface area (TPSA) is 64.0 Å². The number of anilines is 1. The Bertz CT molecular complexity index is 886. The molecule has 1 amide bonds. The lowest BCUT2D eigenvalue weighted by Crippen LogP contribution is -2.49. The molecule has 2 aliphatic rings. The van der Waals surface area contributed by atoms with E-state index in [2.05, 4.69) is 24.0 Å². The third kappa shape index (κ3) is 2.90. The van der Waals surface area contributed by atoms with Crippen LogP contribution >= 0.6 is 10.6 Å². The van der Waals surface area contributed by atoms with Crippen molar-refractivity contribution < 1.29 is 13.9 Å². The van der Waals surface area contributed by atoms with Gasteiger partial charge in [-0.05, 0) is 36.8 Å². The summed E-state index contributed by atoms with van der Waals surface area (Å²) in [6, 6.07) is 13.5. The molecule has 5 nitrogen and oxygen atoms in total. The molecule has 0 bridgehead atoms. The third-order valence-electron chi connectivity index (χ3n) is 5.07. The monoisotopic (exact) mass is 370 g/mol. The van der Waals surface area contributed by atoms with Gasteiger partial charge in [-0.25, -0.2) is 0 Å². The molecule has 0 aromatic heterocycles. The molecule has 6 heteroatoms. The van der Waals surface area contributed by atoms with E-state index in [1.54, 1.807) is 24.3 Å². The zero-order valence-corrected chi connectivity index (χ0v) is 15.4. The molecule has 2 aromatic rings. The van der Waals surface area contributed by atoms with Gasteiger partial charge in [0.15, 0.2) is 0 Å². The quantitative estimate of drug-likeness (QED) is 0.837. The van der Waals surface area contributed by atoms with Gasteiger partial charge in [0.25, 0.3) is 5.91 Å². The molecule has 26 heavy (non-hydrogen) atoms. The van der Waals surface area contributed by atoms with Crippen molar-refractivity contribution in [2.75, 3.05) is 31.1 Å². The van der Waals surface area contributed by atoms with Gasteiger partial charge in [0.05, 0.1) is 4.90 Å². The van der Waals surface area contributed by atoms with E-state index < -0.39 is 10.6 Å². The van der Waals surface area contributed by atoms with Gasteiger partial charge in [-0.3, -0.25) is 13.9 Å². The summed E-state index contributed by atoms with van der Waals surface area (Å²) in [5, 5.41) is 1.39. The van der Waals surface area contributed by atoms with E-state index in [0.29, 0.717) is 29.1 Å². The molecule has 1 fully saturated rings. The third-order valence-corrected chi connectivity index (χ3v) is 6.59. The van der Waals surface area contributed by atoms with Crippen LogP contribution in [0.3, 0.4) is 0 Å². The fourth-order valence-electron chi connectivity index (χ4n) is 3.64. The number of hydrogen-bond donors (Lipinski definition) is 2. The fraction of sp³-hybridized carbons (Fsp3) is 0.250. The van der Waals surface area contributed by atoms with Crippen LogP contribution in [0.25, 0.3) is 6.08 Å². The Labute approximate surface area is 154 Å². The molecule has 2 aliphatic heterocycles. The highest BCUT2D eigenvalue weighted by atomic mass is 32.3. The van der Waals surface area contributed by atoms with Crippen LogP contribution in [0.15, 0.2) is 52.8 Å². The number of nitrogens with zero attached hydrogens (tertiary/aromatic N) is 2.